The predicted octanol–water partition coefficient (Wildman–Crippen LogP) is 3.87. The molecule has 1 heterocycles. The number of para-hydroxylation sites is 2. The number of hydrogen-bond acceptors (Lipinski definition) is 3. The predicted molar refractivity (Wildman–Crippen MR) is 105 cm³/mol. The van der Waals surface area contributed by atoms with E-state index in [1.54, 1.807) is 0 Å². The van der Waals surface area contributed by atoms with E-state index < -0.39 is 0 Å². The maximum absolute atomic E-state index is 12.7. The molecule has 0 atom stereocenters. The molecule has 0 spiro atoms. The molecule has 0 unspecified atom stereocenters. The van der Waals surface area contributed by atoms with E-state index in [1.165, 1.54) is 0 Å². The van der Waals surface area contributed by atoms with E-state index in [4.69, 9.17) is 16.7 Å². The first-order valence-corrected chi connectivity index (χ1v) is 8.99. The van der Waals surface area contributed by atoms with Crippen LogP contribution in [-0.4, -0.2) is 27.2 Å². The first kappa shape index (κ1) is 18.4. The Bertz CT molecular complexity index is 926. The van der Waals surface area contributed by atoms with Crippen LogP contribution < -0.4 is 5.32 Å². The molecule has 0 aliphatic carbocycles. The number of anilines is 1. The molecule has 2 aromatic carbocycles. The fraction of sp³-hybridized carbons (Fsp3) is 0.300. The van der Waals surface area contributed by atoms with Crippen molar-refractivity contribution in [1.29, 1.82) is 0 Å². The molecule has 0 bridgehead atoms. The Morgan fingerprint density at radius 2 is 2.04 bits per heavy atom. The van der Waals surface area contributed by atoms with Gasteiger partial charge in [0.25, 0.3) is 0 Å². The average Bonchev–Trinajstić information content (AvgIpc) is 2.94. The molecule has 0 saturated heterocycles. The second-order valence-electron chi connectivity index (χ2n) is 6.42. The van der Waals surface area contributed by atoms with Crippen LogP contribution in [0.1, 0.15) is 23.4 Å². The molecule has 1 amide bonds. The second-order valence-corrected chi connectivity index (χ2v) is 6.82. The lowest BCUT2D eigenvalue weighted by molar-refractivity contribution is -0.116. The van der Waals surface area contributed by atoms with Gasteiger partial charge in [-0.1, -0.05) is 29.8 Å². The maximum Gasteiger partial charge on any atom is 0.244 e. The average molecular weight is 372 g/mol. The van der Waals surface area contributed by atoms with Crippen LogP contribution in [0.5, 0.6) is 0 Å². The summed E-state index contributed by atoms with van der Waals surface area (Å²) in [5, 5.41) is 12.6. The van der Waals surface area contributed by atoms with Gasteiger partial charge in [-0.05, 0) is 49.6 Å². The molecular weight excluding hydrogens is 350 g/mol. The van der Waals surface area contributed by atoms with Crippen LogP contribution in [0.2, 0.25) is 5.02 Å². The number of benzene rings is 2. The normalized spacial score (nSPS) is 11.1. The minimum absolute atomic E-state index is 0.0908. The molecule has 5 nitrogen and oxygen atoms in total. The Morgan fingerprint density at radius 3 is 2.77 bits per heavy atom. The van der Waals surface area contributed by atoms with Gasteiger partial charge in [-0.15, -0.1) is 0 Å². The van der Waals surface area contributed by atoms with E-state index in [1.807, 2.05) is 54.8 Å². The minimum Gasteiger partial charge on any atom is -0.396 e. The number of rotatable bonds is 6. The largest absolute Gasteiger partial charge is 0.396 e. The molecule has 3 rings (SSSR count). The second kappa shape index (κ2) is 7.89. The van der Waals surface area contributed by atoms with Gasteiger partial charge in [-0.25, -0.2) is 4.98 Å². The molecule has 0 aliphatic heterocycles. The van der Waals surface area contributed by atoms with E-state index in [0.717, 1.165) is 28.0 Å². The molecule has 0 aliphatic rings. The lowest BCUT2D eigenvalue weighted by Gasteiger charge is -2.13. The zero-order valence-corrected chi connectivity index (χ0v) is 15.7. The van der Waals surface area contributed by atoms with Crippen molar-refractivity contribution in [3.63, 3.8) is 0 Å². The van der Waals surface area contributed by atoms with E-state index in [-0.39, 0.29) is 19.1 Å². The summed E-state index contributed by atoms with van der Waals surface area (Å²) in [7, 11) is 0. The van der Waals surface area contributed by atoms with Gasteiger partial charge >= 0.3 is 0 Å². The number of fused-ring (bicyclic) bond motifs is 1. The summed E-state index contributed by atoms with van der Waals surface area (Å²) < 4.78 is 1.90. The molecule has 0 saturated carbocycles. The van der Waals surface area contributed by atoms with Crippen LogP contribution in [0.25, 0.3) is 11.0 Å². The third kappa shape index (κ3) is 3.89. The third-order valence-electron chi connectivity index (χ3n) is 4.29. The summed E-state index contributed by atoms with van der Waals surface area (Å²) in [6.07, 6.45) is 1.22. The summed E-state index contributed by atoms with van der Waals surface area (Å²) in [6.45, 7) is 4.13. The van der Waals surface area contributed by atoms with Gasteiger partial charge in [0, 0.05) is 13.0 Å². The molecule has 3 aromatic rings. The number of aliphatic hydroxyl groups is 1. The molecule has 1 aromatic heterocycles. The van der Waals surface area contributed by atoms with Crippen molar-refractivity contribution in [2.24, 2.45) is 0 Å². The molecular formula is C20H22ClN3O2. The van der Waals surface area contributed by atoms with Crippen LogP contribution in [0.3, 0.4) is 0 Å². The number of nitrogens with one attached hydrogen (secondary N) is 1. The number of imidazole rings is 1. The van der Waals surface area contributed by atoms with Crippen LogP contribution in [0.4, 0.5) is 5.69 Å². The molecule has 136 valence electrons. The topological polar surface area (TPSA) is 67.2 Å². The summed E-state index contributed by atoms with van der Waals surface area (Å²) in [5.74, 6) is 0.634. The van der Waals surface area contributed by atoms with Crippen molar-refractivity contribution >= 4 is 34.2 Å². The highest BCUT2D eigenvalue weighted by atomic mass is 35.5. The third-order valence-corrected chi connectivity index (χ3v) is 4.59. The van der Waals surface area contributed by atoms with Crippen molar-refractivity contribution in [3.05, 3.63) is 58.4 Å². The Labute approximate surface area is 157 Å². The van der Waals surface area contributed by atoms with Gasteiger partial charge in [0.1, 0.15) is 12.4 Å². The Hall–Kier alpha value is -2.37. The number of carbonyl (C=O) groups excluding carboxylic acids is 1. The summed E-state index contributed by atoms with van der Waals surface area (Å²) in [6, 6.07) is 11.5. The summed E-state index contributed by atoms with van der Waals surface area (Å²) >= 11 is 6.29. The molecule has 0 fully saturated rings. The standard InChI is InChI=1S/C20H22ClN3O2/c1-13-10-14(2)20(15(21)11-13)23-19(26)12-24-17-7-4-3-6-16(17)22-18(24)8-5-9-25/h3-4,6-7,10-11,25H,5,8-9,12H2,1-2H3,(H,23,26). The highest BCUT2D eigenvalue weighted by molar-refractivity contribution is 6.34. The minimum atomic E-state index is -0.160. The van der Waals surface area contributed by atoms with Crippen molar-refractivity contribution in [3.8, 4) is 0 Å². The monoisotopic (exact) mass is 371 g/mol. The number of aliphatic hydroxyl groups excluding tert-OH is 1. The first-order valence-electron chi connectivity index (χ1n) is 8.61. The number of halogens is 1. The Balaban J connectivity index is 1.87. The van der Waals surface area contributed by atoms with Gasteiger partial charge < -0.3 is 15.0 Å². The molecule has 2 N–H and O–H groups in total. The van der Waals surface area contributed by atoms with Gasteiger partial charge in [0.15, 0.2) is 0 Å². The molecule has 0 radical (unpaired) electrons. The van der Waals surface area contributed by atoms with Crippen molar-refractivity contribution in [1.82, 2.24) is 9.55 Å². The summed E-state index contributed by atoms with van der Waals surface area (Å²) in [5.41, 5.74) is 4.38. The van der Waals surface area contributed by atoms with Crippen LogP contribution in [0, 0.1) is 13.8 Å². The van der Waals surface area contributed by atoms with Crippen molar-refractivity contribution in [2.75, 3.05) is 11.9 Å². The fourth-order valence-electron chi connectivity index (χ4n) is 3.13. The van der Waals surface area contributed by atoms with Gasteiger partial charge in [-0.2, -0.15) is 0 Å². The highest BCUT2D eigenvalue weighted by Gasteiger charge is 2.15. The maximum atomic E-state index is 12.7. The first-order chi connectivity index (χ1) is 12.5. The van der Waals surface area contributed by atoms with Crippen LogP contribution >= 0.6 is 11.6 Å². The number of amides is 1. The fourth-order valence-corrected chi connectivity index (χ4v) is 3.49. The summed E-state index contributed by atoms with van der Waals surface area (Å²) in [4.78, 5) is 17.3. The number of aryl methyl sites for hydroxylation is 3. The van der Waals surface area contributed by atoms with E-state index in [9.17, 15) is 4.79 Å². The molecule has 26 heavy (non-hydrogen) atoms. The van der Waals surface area contributed by atoms with Gasteiger partial charge in [0.05, 0.1) is 21.7 Å². The van der Waals surface area contributed by atoms with Crippen LogP contribution in [0.15, 0.2) is 36.4 Å². The highest BCUT2D eigenvalue weighted by Crippen LogP contribution is 2.27. The van der Waals surface area contributed by atoms with Crippen molar-refractivity contribution in [2.45, 2.75) is 33.2 Å². The van der Waals surface area contributed by atoms with Gasteiger partial charge in [0.2, 0.25) is 5.91 Å². The molecule has 6 heteroatoms. The Morgan fingerprint density at radius 1 is 1.27 bits per heavy atom. The van der Waals surface area contributed by atoms with Crippen molar-refractivity contribution < 1.29 is 9.90 Å². The number of nitrogens with zero attached hydrogens (tertiary/aromatic N) is 2. The van der Waals surface area contributed by atoms with E-state index in [2.05, 4.69) is 10.3 Å². The number of hydrogen-bond donors (Lipinski definition) is 2. The lowest BCUT2D eigenvalue weighted by atomic mass is 10.1. The quantitative estimate of drug-likeness (QED) is 0.691. The number of aromatic nitrogens is 2. The van der Waals surface area contributed by atoms with Gasteiger partial charge in [-0.3, -0.25) is 4.79 Å². The van der Waals surface area contributed by atoms with Crippen LogP contribution in [-0.2, 0) is 17.8 Å². The smallest absolute Gasteiger partial charge is 0.244 e. The van der Waals surface area contributed by atoms with E-state index in [0.29, 0.717) is 23.6 Å². The zero-order valence-electron chi connectivity index (χ0n) is 14.9. The van der Waals surface area contributed by atoms with E-state index >= 15 is 0 Å². The lowest BCUT2D eigenvalue weighted by Crippen LogP contribution is -2.21. The Kier molecular flexibility index (Phi) is 5.59. The SMILES string of the molecule is Cc1cc(C)c(NC(=O)Cn2c(CCCO)nc3ccccc32)c(Cl)c1. The zero-order chi connectivity index (χ0) is 18.7. The number of carbonyl (C=O) groups is 1.